The highest BCUT2D eigenvalue weighted by Gasteiger charge is 2.27. The largest absolute Gasteiger partial charge is 0.465 e. The summed E-state index contributed by atoms with van der Waals surface area (Å²) in [7, 11) is 0. The molecule has 162 valence electrons. The minimum Gasteiger partial charge on any atom is -0.465 e. The monoisotopic (exact) mass is 434 g/mol. The first-order valence-electron chi connectivity index (χ1n) is 9.59. The molecule has 0 saturated carbocycles. The van der Waals surface area contributed by atoms with Crippen LogP contribution in [0.2, 0.25) is 0 Å². The van der Waals surface area contributed by atoms with Gasteiger partial charge in [0.1, 0.15) is 12.7 Å². The molecule has 4 rings (SSSR count). The van der Waals surface area contributed by atoms with Crippen molar-refractivity contribution in [2.75, 3.05) is 6.54 Å². The number of carboxylic acid groups (broad SMARTS) is 1. The number of rotatable bonds is 6. The topological polar surface area (TPSA) is 154 Å². The molecule has 1 atom stereocenters. The third kappa shape index (κ3) is 3.99. The minimum absolute atomic E-state index is 0.0122. The average molecular weight is 434 g/mol. The standard InChI is InChI=1S/C21H18N6O5/c1-12-15(2-3-16-17(12)11-32-20(16)29)18(28)10-26(21(30)31)8-13-5-25-27(9-13)19-7-23-14(4-22)6-24-19/h2-3,5-7,9,18,28H,8,10-11H2,1H3,(H,30,31). The fourth-order valence-corrected chi connectivity index (χ4v) is 3.53. The Labute approximate surface area is 182 Å². The van der Waals surface area contributed by atoms with Crippen molar-refractivity contribution in [1.29, 1.82) is 5.26 Å². The van der Waals surface area contributed by atoms with Gasteiger partial charge in [0, 0.05) is 17.3 Å². The molecule has 11 nitrogen and oxygen atoms in total. The number of carbonyl (C=O) groups is 2. The lowest BCUT2D eigenvalue weighted by Crippen LogP contribution is -2.33. The molecule has 2 aromatic heterocycles. The Hall–Kier alpha value is -4.30. The molecule has 0 fully saturated rings. The van der Waals surface area contributed by atoms with Gasteiger partial charge < -0.3 is 19.8 Å². The maximum Gasteiger partial charge on any atom is 0.407 e. The van der Waals surface area contributed by atoms with E-state index in [0.29, 0.717) is 33.6 Å². The number of amides is 1. The molecule has 3 aromatic rings. The molecule has 0 bridgehead atoms. The SMILES string of the molecule is Cc1c(C(O)CN(Cc2cnn(-c3cnc(C#N)cn3)c2)C(=O)O)ccc2c1COC2=O. The number of aliphatic hydroxyl groups is 1. The molecule has 11 heteroatoms. The quantitative estimate of drug-likeness (QED) is 0.552. The summed E-state index contributed by atoms with van der Waals surface area (Å²) in [4.78, 5) is 32.6. The van der Waals surface area contributed by atoms with Crippen LogP contribution in [0.1, 0.15) is 44.4 Å². The number of aliphatic hydroxyl groups excluding tert-OH is 1. The molecule has 3 heterocycles. The van der Waals surface area contributed by atoms with Gasteiger partial charge >= 0.3 is 12.1 Å². The average Bonchev–Trinajstić information content (AvgIpc) is 3.41. The van der Waals surface area contributed by atoms with E-state index < -0.39 is 18.2 Å². The highest BCUT2D eigenvalue weighted by atomic mass is 16.5. The molecule has 32 heavy (non-hydrogen) atoms. The minimum atomic E-state index is -1.20. The van der Waals surface area contributed by atoms with E-state index in [1.54, 1.807) is 25.3 Å². The number of cyclic esters (lactones) is 1. The summed E-state index contributed by atoms with van der Waals surface area (Å²) >= 11 is 0. The normalized spacial score (nSPS) is 13.2. The molecule has 1 aliphatic heterocycles. The predicted molar refractivity (Wildman–Crippen MR) is 108 cm³/mol. The van der Waals surface area contributed by atoms with E-state index in [-0.39, 0.29) is 25.4 Å². The Morgan fingerprint density at radius 2 is 2.16 bits per heavy atom. The molecular formula is C21H18N6O5. The third-order valence-electron chi connectivity index (χ3n) is 5.23. The maximum absolute atomic E-state index is 11.8. The van der Waals surface area contributed by atoms with Gasteiger partial charge in [0.25, 0.3) is 0 Å². The van der Waals surface area contributed by atoms with Crippen molar-refractivity contribution in [1.82, 2.24) is 24.6 Å². The van der Waals surface area contributed by atoms with Gasteiger partial charge in [-0.2, -0.15) is 10.4 Å². The van der Waals surface area contributed by atoms with Crippen molar-refractivity contribution >= 4 is 12.1 Å². The van der Waals surface area contributed by atoms with Crippen LogP contribution < -0.4 is 0 Å². The van der Waals surface area contributed by atoms with Gasteiger partial charge in [-0.25, -0.2) is 24.2 Å². The highest BCUT2D eigenvalue weighted by Crippen LogP contribution is 2.29. The Morgan fingerprint density at radius 3 is 2.84 bits per heavy atom. The number of hydrogen-bond acceptors (Lipinski definition) is 8. The van der Waals surface area contributed by atoms with Crippen molar-refractivity contribution in [2.24, 2.45) is 0 Å². The van der Waals surface area contributed by atoms with E-state index in [9.17, 15) is 19.8 Å². The van der Waals surface area contributed by atoms with E-state index in [4.69, 9.17) is 10.00 Å². The van der Waals surface area contributed by atoms with Crippen LogP contribution in [0.3, 0.4) is 0 Å². The van der Waals surface area contributed by atoms with Crippen molar-refractivity contribution in [3.05, 3.63) is 70.4 Å². The lowest BCUT2D eigenvalue weighted by molar-refractivity contribution is 0.0534. The van der Waals surface area contributed by atoms with Crippen LogP contribution >= 0.6 is 0 Å². The third-order valence-corrected chi connectivity index (χ3v) is 5.23. The Balaban J connectivity index is 1.49. The van der Waals surface area contributed by atoms with Gasteiger partial charge in [0.2, 0.25) is 0 Å². The van der Waals surface area contributed by atoms with Gasteiger partial charge in [0.05, 0.1) is 43.3 Å². The fourth-order valence-electron chi connectivity index (χ4n) is 3.53. The van der Waals surface area contributed by atoms with Crippen molar-refractivity contribution in [3.8, 4) is 11.9 Å². The Bertz CT molecular complexity index is 1230. The van der Waals surface area contributed by atoms with E-state index in [1.807, 2.05) is 6.07 Å². The van der Waals surface area contributed by atoms with E-state index >= 15 is 0 Å². The van der Waals surface area contributed by atoms with Gasteiger partial charge in [-0.15, -0.1) is 0 Å². The summed E-state index contributed by atoms with van der Waals surface area (Å²) in [5.74, 6) is -0.0250. The number of aromatic nitrogens is 4. The second kappa shape index (κ2) is 8.44. The van der Waals surface area contributed by atoms with Crippen molar-refractivity contribution in [3.63, 3.8) is 0 Å². The summed E-state index contributed by atoms with van der Waals surface area (Å²) in [5.41, 5.74) is 3.17. The number of nitriles is 1. The zero-order valence-corrected chi connectivity index (χ0v) is 17.0. The zero-order valence-electron chi connectivity index (χ0n) is 17.0. The molecule has 1 aliphatic rings. The number of fused-ring (bicyclic) bond motifs is 1. The van der Waals surface area contributed by atoms with Crippen LogP contribution in [0.4, 0.5) is 4.79 Å². The zero-order chi connectivity index (χ0) is 22.8. The van der Waals surface area contributed by atoms with Crippen LogP contribution in [0.25, 0.3) is 5.82 Å². The van der Waals surface area contributed by atoms with E-state index in [0.717, 1.165) is 4.90 Å². The molecule has 0 spiro atoms. The van der Waals surface area contributed by atoms with Crippen LogP contribution in [-0.2, 0) is 17.9 Å². The molecule has 1 unspecified atom stereocenters. The first-order valence-corrected chi connectivity index (χ1v) is 9.59. The van der Waals surface area contributed by atoms with E-state index in [1.165, 1.54) is 23.3 Å². The first-order chi connectivity index (χ1) is 15.4. The molecule has 1 amide bonds. The number of ether oxygens (including phenoxy) is 1. The van der Waals surface area contributed by atoms with Crippen LogP contribution in [0.5, 0.6) is 0 Å². The second-order valence-electron chi connectivity index (χ2n) is 7.23. The summed E-state index contributed by atoms with van der Waals surface area (Å²) < 4.78 is 6.45. The maximum atomic E-state index is 11.8. The van der Waals surface area contributed by atoms with Crippen molar-refractivity contribution < 1.29 is 24.5 Å². The highest BCUT2D eigenvalue weighted by molar-refractivity contribution is 5.93. The summed E-state index contributed by atoms with van der Waals surface area (Å²) in [6, 6.07) is 5.08. The molecule has 0 saturated heterocycles. The molecule has 2 N–H and O–H groups in total. The number of nitrogens with zero attached hydrogens (tertiary/aromatic N) is 6. The summed E-state index contributed by atoms with van der Waals surface area (Å²) in [5, 5.41) is 33.3. The Kier molecular flexibility index (Phi) is 5.53. The number of carbonyl (C=O) groups excluding carboxylic acids is 1. The van der Waals surface area contributed by atoms with Gasteiger partial charge in [-0.1, -0.05) is 6.07 Å². The predicted octanol–water partition coefficient (Wildman–Crippen LogP) is 1.73. The number of benzene rings is 1. The molecule has 0 radical (unpaired) electrons. The lowest BCUT2D eigenvalue weighted by atomic mass is 9.95. The second-order valence-corrected chi connectivity index (χ2v) is 7.23. The van der Waals surface area contributed by atoms with Crippen LogP contribution in [-0.4, -0.2) is 53.5 Å². The van der Waals surface area contributed by atoms with Crippen LogP contribution in [0.15, 0.2) is 36.9 Å². The smallest absolute Gasteiger partial charge is 0.407 e. The van der Waals surface area contributed by atoms with Gasteiger partial charge in [-0.05, 0) is 24.1 Å². The van der Waals surface area contributed by atoms with Gasteiger partial charge in [-0.3, -0.25) is 0 Å². The molecule has 0 aliphatic carbocycles. The number of hydrogen-bond donors (Lipinski definition) is 2. The summed E-state index contributed by atoms with van der Waals surface area (Å²) in [6.45, 7) is 1.72. The van der Waals surface area contributed by atoms with E-state index in [2.05, 4.69) is 15.1 Å². The molecule has 1 aromatic carbocycles. The molecular weight excluding hydrogens is 416 g/mol. The number of esters is 1. The summed E-state index contributed by atoms with van der Waals surface area (Å²) in [6.07, 6.45) is 3.50. The Morgan fingerprint density at radius 1 is 1.34 bits per heavy atom. The lowest BCUT2D eigenvalue weighted by Gasteiger charge is -2.23. The van der Waals surface area contributed by atoms with Gasteiger partial charge in [0.15, 0.2) is 11.5 Å². The van der Waals surface area contributed by atoms with Crippen molar-refractivity contribution in [2.45, 2.75) is 26.2 Å². The first kappa shape index (κ1) is 21.0. The fraction of sp³-hybridized carbons (Fsp3) is 0.238. The van der Waals surface area contributed by atoms with Crippen LogP contribution in [0, 0.1) is 18.3 Å².